The molecule has 1 saturated heterocycles. The lowest BCUT2D eigenvalue weighted by Gasteiger charge is -2.23. The molecule has 1 unspecified atom stereocenters. The molecule has 0 radical (unpaired) electrons. The summed E-state index contributed by atoms with van der Waals surface area (Å²) in [6, 6.07) is 12.0. The lowest BCUT2D eigenvalue weighted by atomic mass is 10.1. The molecule has 3 rings (SSSR count). The molecule has 1 atom stereocenters. The molecule has 1 aromatic heterocycles. The summed E-state index contributed by atoms with van der Waals surface area (Å²) in [4.78, 5) is 18.4. The van der Waals surface area contributed by atoms with Gasteiger partial charge in [0.15, 0.2) is 9.84 Å². The fraction of sp³-hybridized carbons (Fsp3) is 0.278. The maximum absolute atomic E-state index is 12.7. The van der Waals surface area contributed by atoms with Crippen LogP contribution in [0.3, 0.4) is 0 Å². The first-order chi connectivity index (χ1) is 12.4. The number of rotatable bonds is 4. The Hall–Kier alpha value is -2.92. The third kappa shape index (κ3) is 3.83. The van der Waals surface area contributed by atoms with Gasteiger partial charge in [0.05, 0.1) is 22.8 Å². The number of pyridine rings is 1. The molecule has 0 saturated carbocycles. The van der Waals surface area contributed by atoms with Gasteiger partial charge in [0.1, 0.15) is 11.9 Å². The topological polar surface area (TPSA) is 103 Å². The van der Waals surface area contributed by atoms with Crippen LogP contribution in [0.4, 0.5) is 11.5 Å². The summed E-state index contributed by atoms with van der Waals surface area (Å²) in [7, 11) is -1.44. The van der Waals surface area contributed by atoms with Gasteiger partial charge in [-0.3, -0.25) is 4.79 Å². The summed E-state index contributed by atoms with van der Waals surface area (Å²) in [6.45, 7) is 0. The molecule has 1 fully saturated rings. The molecule has 2 aromatic rings. The van der Waals surface area contributed by atoms with Crippen molar-refractivity contribution in [3.63, 3.8) is 0 Å². The predicted molar refractivity (Wildman–Crippen MR) is 97.8 cm³/mol. The van der Waals surface area contributed by atoms with E-state index in [1.807, 2.05) is 0 Å². The van der Waals surface area contributed by atoms with Crippen molar-refractivity contribution in [3.8, 4) is 6.07 Å². The van der Waals surface area contributed by atoms with Crippen LogP contribution < -0.4 is 5.32 Å². The van der Waals surface area contributed by atoms with Crippen LogP contribution in [0.2, 0.25) is 0 Å². The zero-order valence-corrected chi connectivity index (χ0v) is 15.0. The maximum Gasteiger partial charge on any atom is 0.254 e. The van der Waals surface area contributed by atoms with Crippen molar-refractivity contribution in [2.45, 2.75) is 12.5 Å². The summed E-state index contributed by atoms with van der Waals surface area (Å²) in [6.07, 6.45) is 1.96. The molecule has 26 heavy (non-hydrogen) atoms. The summed E-state index contributed by atoms with van der Waals surface area (Å²) in [5.41, 5.74) is 1.48. The van der Waals surface area contributed by atoms with Crippen LogP contribution in [-0.4, -0.2) is 48.8 Å². The smallest absolute Gasteiger partial charge is 0.254 e. The molecule has 1 aliphatic heterocycles. The highest BCUT2D eigenvalue weighted by Crippen LogP contribution is 2.22. The fourth-order valence-corrected chi connectivity index (χ4v) is 4.68. The largest absolute Gasteiger partial charge is 0.339 e. The first-order valence-corrected chi connectivity index (χ1v) is 9.91. The van der Waals surface area contributed by atoms with Gasteiger partial charge in [-0.1, -0.05) is 12.1 Å². The molecular weight excluding hydrogens is 352 g/mol. The van der Waals surface area contributed by atoms with Crippen LogP contribution >= 0.6 is 0 Å². The van der Waals surface area contributed by atoms with Gasteiger partial charge in [0, 0.05) is 24.8 Å². The van der Waals surface area contributed by atoms with Crippen molar-refractivity contribution >= 4 is 27.2 Å². The van der Waals surface area contributed by atoms with E-state index in [2.05, 4.69) is 16.4 Å². The fourth-order valence-electron chi connectivity index (χ4n) is 2.91. The zero-order valence-electron chi connectivity index (χ0n) is 14.2. The molecule has 0 spiro atoms. The molecule has 7 nitrogen and oxygen atoms in total. The molecule has 8 heteroatoms. The molecule has 134 valence electrons. The van der Waals surface area contributed by atoms with Gasteiger partial charge < -0.3 is 10.2 Å². The van der Waals surface area contributed by atoms with Gasteiger partial charge in [-0.25, -0.2) is 13.4 Å². The molecule has 1 amide bonds. The van der Waals surface area contributed by atoms with Gasteiger partial charge in [-0.15, -0.1) is 0 Å². The lowest BCUT2D eigenvalue weighted by Crippen LogP contribution is -2.37. The number of aromatic nitrogens is 1. The van der Waals surface area contributed by atoms with Crippen LogP contribution in [-0.2, 0) is 9.84 Å². The highest BCUT2D eigenvalue weighted by molar-refractivity contribution is 7.91. The quantitative estimate of drug-likeness (QED) is 0.882. The standard InChI is InChI=1S/C18H18N4O3S/c1-22(15-7-9-26(24,25)12-15)18(23)13-6-8-20-17(10-13)21-16-5-3-2-4-14(16)11-19/h2-6,8,10,15H,7,9,12H2,1H3,(H,20,21). The van der Waals surface area contributed by atoms with Crippen molar-refractivity contribution in [3.05, 3.63) is 53.7 Å². The van der Waals surface area contributed by atoms with Crippen LogP contribution in [0, 0.1) is 11.3 Å². The third-order valence-corrected chi connectivity index (χ3v) is 6.14. The van der Waals surface area contributed by atoms with Gasteiger partial charge in [0.2, 0.25) is 0 Å². The van der Waals surface area contributed by atoms with E-state index >= 15 is 0 Å². The number of amides is 1. The van der Waals surface area contributed by atoms with Crippen molar-refractivity contribution < 1.29 is 13.2 Å². The summed E-state index contributed by atoms with van der Waals surface area (Å²) < 4.78 is 23.3. The second kappa shape index (κ2) is 7.14. The minimum absolute atomic E-state index is 0.000968. The van der Waals surface area contributed by atoms with Crippen LogP contribution in [0.25, 0.3) is 0 Å². The minimum atomic E-state index is -3.06. The normalized spacial score (nSPS) is 18.1. The molecule has 1 aromatic carbocycles. The van der Waals surface area contributed by atoms with E-state index in [0.717, 1.165) is 0 Å². The molecule has 1 N–H and O–H groups in total. The monoisotopic (exact) mass is 370 g/mol. The lowest BCUT2D eigenvalue weighted by molar-refractivity contribution is 0.0747. The van der Waals surface area contributed by atoms with Crippen molar-refractivity contribution in [2.24, 2.45) is 0 Å². The third-order valence-electron chi connectivity index (χ3n) is 4.39. The molecule has 0 aliphatic carbocycles. The SMILES string of the molecule is CN(C(=O)c1ccnc(Nc2ccccc2C#N)c1)C1CCS(=O)(=O)C1. The van der Waals surface area contributed by atoms with Crippen molar-refractivity contribution in [2.75, 3.05) is 23.9 Å². The van der Waals surface area contributed by atoms with E-state index in [4.69, 9.17) is 5.26 Å². The Balaban J connectivity index is 1.79. The number of nitrogens with one attached hydrogen (secondary N) is 1. The Morgan fingerprint density at radius 1 is 1.35 bits per heavy atom. The zero-order chi connectivity index (χ0) is 18.7. The number of carbonyl (C=O) groups excluding carboxylic acids is 1. The van der Waals surface area contributed by atoms with E-state index in [-0.39, 0.29) is 23.5 Å². The van der Waals surface area contributed by atoms with Gasteiger partial charge in [-0.05, 0) is 30.7 Å². The predicted octanol–water partition coefficient (Wildman–Crippen LogP) is 1.96. The Morgan fingerprint density at radius 3 is 2.81 bits per heavy atom. The number of hydrogen-bond acceptors (Lipinski definition) is 6. The summed E-state index contributed by atoms with van der Waals surface area (Å²) in [5.74, 6) is 0.293. The van der Waals surface area contributed by atoms with Crippen molar-refractivity contribution in [1.82, 2.24) is 9.88 Å². The van der Waals surface area contributed by atoms with Crippen LogP contribution in [0.15, 0.2) is 42.6 Å². The average molecular weight is 370 g/mol. The average Bonchev–Trinajstić information content (AvgIpc) is 3.01. The second-order valence-electron chi connectivity index (χ2n) is 6.19. The number of nitriles is 1. The van der Waals surface area contributed by atoms with Gasteiger partial charge >= 0.3 is 0 Å². The number of para-hydroxylation sites is 1. The Morgan fingerprint density at radius 2 is 2.12 bits per heavy atom. The molecule has 1 aliphatic rings. The maximum atomic E-state index is 12.7. The second-order valence-corrected chi connectivity index (χ2v) is 8.41. The highest BCUT2D eigenvalue weighted by Gasteiger charge is 2.33. The van der Waals surface area contributed by atoms with E-state index in [1.54, 1.807) is 43.4 Å². The van der Waals surface area contributed by atoms with Gasteiger partial charge in [0.25, 0.3) is 5.91 Å². The summed E-state index contributed by atoms with van der Waals surface area (Å²) in [5, 5.41) is 12.2. The molecule has 2 heterocycles. The Labute approximate surface area is 152 Å². The first kappa shape index (κ1) is 17.9. The van der Waals surface area contributed by atoms with E-state index in [0.29, 0.717) is 29.1 Å². The van der Waals surface area contributed by atoms with Gasteiger partial charge in [-0.2, -0.15) is 5.26 Å². The highest BCUT2D eigenvalue weighted by atomic mass is 32.2. The number of hydrogen-bond donors (Lipinski definition) is 1. The van der Waals surface area contributed by atoms with E-state index in [1.165, 1.54) is 11.1 Å². The Kier molecular flexibility index (Phi) is 4.91. The number of benzene rings is 1. The molecular formula is C18H18N4O3S. The first-order valence-electron chi connectivity index (χ1n) is 8.09. The molecule has 0 bridgehead atoms. The number of anilines is 2. The number of carbonyl (C=O) groups is 1. The van der Waals surface area contributed by atoms with E-state index in [9.17, 15) is 13.2 Å². The summed E-state index contributed by atoms with van der Waals surface area (Å²) >= 11 is 0. The van der Waals surface area contributed by atoms with E-state index < -0.39 is 9.84 Å². The minimum Gasteiger partial charge on any atom is -0.339 e. The number of sulfone groups is 1. The Bertz CT molecular complexity index is 982. The number of nitrogens with zero attached hydrogens (tertiary/aromatic N) is 3. The van der Waals surface area contributed by atoms with Crippen LogP contribution in [0.1, 0.15) is 22.3 Å². The van der Waals surface area contributed by atoms with Crippen LogP contribution in [0.5, 0.6) is 0 Å². The van der Waals surface area contributed by atoms with Crippen molar-refractivity contribution in [1.29, 1.82) is 5.26 Å².